The number of nitrogens with zero attached hydrogens (tertiary/aromatic N) is 1. The van der Waals surface area contributed by atoms with Crippen molar-refractivity contribution < 1.29 is 9.00 Å². The third-order valence-electron chi connectivity index (χ3n) is 4.22. The van der Waals surface area contributed by atoms with Crippen LogP contribution in [0.25, 0.3) is 0 Å². The van der Waals surface area contributed by atoms with Crippen LogP contribution in [0, 0.1) is 0 Å². The van der Waals surface area contributed by atoms with Crippen LogP contribution in [-0.2, 0) is 17.2 Å². The minimum atomic E-state index is -0.671. The smallest absolute Gasteiger partial charge is 0.254 e. The predicted octanol–water partition coefficient (Wildman–Crippen LogP) is 1.98. The van der Waals surface area contributed by atoms with Gasteiger partial charge < -0.3 is 4.90 Å². The standard InChI is InChI=1S/C15H19NO2S/c1-11-10-12-4-2-3-5-14(12)15(17)16(11)13-6-8-19(18)9-7-13/h2-5,11,13H,6-10H2,1H3. The molecular formula is C15H19NO2S. The number of carbonyl (C=O) groups excluding carboxylic acids is 1. The predicted molar refractivity (Wildman–Crippen MR) is 76.7 cm³/mol. The summed E-state index contributed by atoms with van der Waals surface area (Å²) in [6.45, 7) is 2.12. The first-order valence-electron chi connectivity index (χ1n) is 6.92. The molecule has 1 unspecified atom stereocenters. The van der Waals surface area contributed by atoms with E-state index in [1.807, 2.05) is 23.1 Å². The molecule has 0 aromatic heterocycles. The third-order valence-corrected chi connectivity index (χ3v) is 5.61. The number of hydrogen-bond acceptors (Lipinski definition) is 2. The lowest BCUT2D eigenvalue weighted by atomic mass is 9.91. The summed E-state index contributed by atoms with van der Waals surface area (Å²) in [6.07, 6.45) is 2.69. The van der Waals surface area contributed by atoms with Crippen LogP contribution >= 0.6 is 0 Å². The Bertz CT molecular complexity index is 519. The Morgan fingerprint density at radius 1 is 1.21 bits per heavy atom. The summed E-state index contributed by atoms with van der Waals surface area (Å²) in [5, 5.41) is 0. The molecule has 1 atom stereocenters. The summed E-state index contributed by atoms with van der Waals surface area (Å²) < 4.78 is 11.5. The number of amides is 1. The fraction of sp³-hybridized carbons (Fsp3) is 0.533. The van der Waals surface area contributed by atoms with Gasteiger partial charge in [0, 0.05) is 40.0 Å². The molecule has 4 heteroatoms. The number of hydrogen-bond donors (Lipinski definition) is 0. The third kappa shape index (κ3) is 2.34. The van der Waals surface area contributed by atoms with E-state index in [4.69, 9.17) is 0 Å². The highest BCUT2D eigenvalue weighted by Crippen LogP contribution is 2.28. The van der Waals surface area contributed by atoms with Crippen LogP contribution in [-0.4, -0.2) is 38.6 Å². The molecule has 19 heavy (non-hydrogen) atoms. The van der Waals surface area contributed by atoms with E-state index < -0.39 is 10.8 Å². The van der Waals surface area contributed by atoms with Crippen LogP contribution < -0.4 is 0 Å². The molecule has 3 rings (SSSR count). The highest BCUT2D eigenvalue weighted by Gasteiger charge is 2.35. The second-order valence-electron chi connectivity index (χ2n) is 5.50. The van der Waals surface area contributed by atoms with Crippen molar-refractivity contribution in [2.75, 3.05) is 11.5 Å². The Kier molecular flexibility index (Phi) is 3.44. The molecule has 1 saturated heterocycles. The summed E-state index contributed by atoms with van der Waals surface area (Å²) >= 11 is 0. The van der Waals surface area contributed by atoms with Crippen molar-refractivity contribution >= 4 is 16.7 Å². The molecular weight excluding hydrogens is 258 g/mol. The summed E-state index contributed by atoms with van der Waals surface area (Å²) in [7, 11) is -0.671. The molecule has 3 nitrogen and oxygen atoms in total. The van der Waals surface area contributed by atoms with Crippen molar-refractivity contribution in [3.8, 4) is 0 Å². The highest BCUT2D eigenvalue weighted by molar-refractivity contribution is 7.85. The van der Waals surface area contributed by atoms with Gasteiger partial charge in [0.1, 0.15) is 0 Å². The molecule has 1 aromatic carbocycles. The summed E-state index contributed by atoms with van der Waals surface area (Å²) in [4.78, 5) is 14.7. The van der Waals surface area contributed by atoms with Crippen LogP contribution in [0.15, 0.2) is 24.3 Å². The fourth-order valence-electron chi connectivity index (χ4n) is 3.25. The molecule has 1 aromatic rings. The fourth-order valence-corrected chi connectivity index (χ4v) is 4.52. The maximum atomic E-state index is 12.7. The molecule has 1 amide bonds. The lowest BCUT2D eigenvalue weighted by molar-refractivity contribution is 0.0544. The van der Waals surface area contributed by atoms with E-state index in [0.717, 1.165) is 41.9 Å². The Hall–Kier alpha value is -1.16. The first-order valence-corrected chi connectivity index (χ1v) is 8.41. The minimum Gasteiger partial charge on any atom is -0.333 e. The van der Waals surface area contributed by atoms with Crippen molar-refractivity contribution in [2.45, 2.75) is 38.3 Å². The zero-order chi connectivity index (χ0) is 13.4. The topological polar surface area (TPSA) is 37.4 Å². The Labute approximate surface area is 116 Å². The van der Waals surface area contributed by atoms with Gasteiger partial charge in [-0.15, -0.1) is 0 Å². The number of rotatable bonds is 1. The average Bonchev–Trinajstić information content (AvgIpc) is 2.41. The van der Waals surface area contributed by atoms with Crippen molar-refractivity contribution in [1.82, 2.24) is 4.90 Å². The maximum absolute atomic E-state index is 12.7. The first kappa shape index (κ1) is 12.9. The number of benzene rings is 1. The summed E-state index contributed by atoms with van der Waals surface area (Å²) in [6, 6.07) is 8.43. The number of carbonyl (C=O) groups is 1. The normalized spacial score (nSPS) is 31.1. The van der Waals surface area contributed by atoms with E-state index in [1.54, 1.807) is 0 Å². The van der Waals surface area contributed by atoms with Gasteiger partial charge >= 0.3 is 0 Å². The Morgan fingerprint density at radius 2 is 1.89 bits per heavy atom. The Morgan fingerprint density at radius 3 is 2.63 bits per heavy atom. The lowest BCUT2D eigenvalue weighted by Gasteiger charge is -2.41. The van der Waals surface area contributed by atoms with Crippen LogP contribution in [0.4, 0.5) is 0 Å². The zero-order valence-corrected chi connectivity index (χ0v) is 12.0. The van der Waals surface area contributed by atoms with Gasteiger partial charge in [-0.25, -0.2) is 0 Å². The second-order valence-corrected chi connectivity index (χ2v) is 7.20. The van der Waals surface area contributed by atoms with E-state index in [9.17, 15) is 9.00 Å². The molecule has 0 spiro atoms. The zero-order valence-electron chi connectivity index (χ0n) is 11.2. The van der Waals surface area contributed by atoms with Gasteiger partial charge in [-0.3, -0.25) is 9.00 Å². The van der Waals surface area contributed by atoms with Gasteiger partial charge in [0.25, 0.3) is 5.91 Å². The van der Waals surface area contributed by atoms with Crippen LogP contribution in [0.3, 0.4) is 0 Å². The van der Waals surface area contributed by atoms with Crippen molar-refractivity contribution in [3.63, 3.8) is 0 Å². The lowest BCUT2D eigenvalue weighted by Crippen LogP contribution is -2.51. The minimum absolute atomic E-state index is 0.159. The van der Waals surface area contributed by atoms with Crippen LogP contribution in [0.1, 0.15) is 35.7 Å². The number of fused-ring (bicyclic) bond motifs is 1. The largest absolute Gasteiger partial charge is 0.333 e. The Balaban J connectivity index is 1.87. The quantitative estimate of drug-likeness (QED) is 0.787. The van der Waals surface area contributed by atoms with Gasteiger partial charge in [0.05, 0.1) is 0 Å². The summed E-state index contributed by atoms with van der Waals surface area (Å²) in [5.41, 5.74) is 2.02. The molecule has 0 N–H and O–H groups in total. The molecule has 2 aliphatic rings. The maximum Gasteiger partial charge on any atom is 0.254 e. The van der Waals surface area contributed by atoms with E-state index in [2.05, 4.69) is 13.0 Å². The average molecular weight is 277 g/mol. The molecule has 0 bridgehead atoms. The SMILES string of the molecule is CC1Cc2ccccc2C(=O)N1C1CCS(=O)CC1. The van der Waals surface area contributed by atoms with Gasteiger partial charge in [0.15, 0.2) is 0 Å². The monoisotopic (exact) mass is 277 g/mol. The van der Waals surface area contributed by atoms with E-state index in [1.165, 1.54) is 0 Å². The first-order chi connectivity index (χ1) is 9.16. The van der Waals surface area contributed by atoms with Crippen LogP contribution in [0.2, 0.25) is 0 Å². The summed E-state index contributed by atoms with van der Waals surface area (Å²) in [5.74, 6) is 1.64. The van der Waals surface area contributed by atoms with Crippen molar-refractivity contribution in [2.24, 2.45) is 0 Å². The van der Waals surface area contributed by atoms with Gasteiger partial charge in [0.2, 0.25) is 0 Å². The van der Waals surface area contributed by atoms with E-state index in [0.29, 0.717) is 0 Å². The van der Waals surface area contributed by atoms with E-state index in [-0.39, 0.29) is 18.0 Å². The van der Waals surface area contributed by atoms with Crippen LogP contribution in [0.5, 0.6) is 0 Å². The molecule has 2 heterocycles. The van der Waals surface area contributed by atoms with E-state index >= 15 is 0 Å². The van der Waals surface area contributed by atoms with Gasteiger partial charge in [-0.2, -0.15) is 0 Å². The second kappa shape index (κ2) is 5.08. The molecule has 102 valence electrons. The molecule has 0 aliphatic carbocycles. The van der Waals surface area contributed by atoms with Gasteiger partial charge in [-0.05, 0) is 37.8 Å². The highest BCUT2D eigenvalue weighted by atomic mass is 32.2. The van der Waals surface area contributed by atoms with Crippen molar-refractivity contribution in [1.29, 1.82) is 0 Å². The molecule has 0 saturated carbocycles. The molecule has 1 fully saturated rings. The van der Waals surface area contributed by atoms with Gasteiger partial charge in [-0.1, -0.05) is 18.2 Å². The molecule has 0 radical (unpaired) electrons. The van der Waals surface area contributed by atoms with Crippen molar-refractivity contribution in [3.05, 3.63) is 35.4 Å². The molecule has 2 aliphatic heterocycles.